The van der Waals surface area contributed by atoms with E-state index in [4.69, 9.17) is 0 Å². The van der Waals surface area contributed by atoms with Gasteiger partial charge in [0.2, 0.25) is 0 Å². The number of rotatable bonds is 10. The molecule has 0 aromatic heterocycles. The van der Waals surface area contributed by atoms with Crippen molar-refractivity contribution in [3.05, 3.63) is 0 Å². The SMILES string of the molecule is CCCCCCCCCCC[14CH2]Br. The number of hydrogen-bond acceptors (Lipinski definition) is 0. The predicted molar refractivity (Wildman–Crippen MR) is 65.6 cm³/mol. The largest absolute Gasteiger partial charge is 0.0928 e. The highest BCUT2D eigenvalue weighted by molar-refractivity contribution is 9.09. The normalized spacial score (nSPS) is 10.6. The number of alkyl halides is 1. The van der Waals surface area contributed by atoms with Gasteiger partial charge >= 0.3 is 0 Å². The number of halogens is 1. The third-order valence-electron chi connectivity index (χ3n) is 2.49. The van der Waals surface area contributed by atoms with Gasteiger partial charge in [0.15, 0.2) is 0 Å². The molecule has 0 radical (unpaired) electrons. The van der Waals surface area contributed by atoms with E-state index in [0.29, 0.717) is 0 Å². The van der Waals surface area contributed by atoms with Crippen molar-refractivity contribution in [3.8, 4) is 0 Å². The Kier molecular flexibility index (Phi) is 12.9. The monoisotopic (exact) mass is 250 g/mol. The van der Waals surface area contributed by atoms with Crippen LogP contribution in [0.4, 0.5) is 0 Å². The lowest BCUT2D eigenvalue weighted by molar-refractivity contribution is 0.563. The van der Waals surface area contributed by atoms with Crippen LogP contribution in [0.3, 0.4) is 0 Å². The van der Waals surface area contributed by atoms with E-state index in [0.717, 1.165) is 0 Å². The summed E-state index contributed by atoms with van der Waals surface area (Å²) in [5, 5.41) is 1.18. The topological polar surface area (TPSA) is 0 Å². The summed E-state index contributed by atoms with van der Waals surface area (Å²) in [5.74, 6) is 0. The third kappa shape index (κ3) is 12.5. The minimum Gasteiger partial charge on any atom is -0.0928 e. The van der Waals surface area contributed by atoms with Crippen LogP contribution in [0.2, 0.25) is 0 Å². The van der Waals surface area contributed by atoms with Crippen molar-refractivity contribution >= 4 is 15.9 Å². The van der Waals surface area contributed by atoms with E-state index in [9.17, 15) is 0 Å². The molecule has 0 amide bonds. The van der Waals surface area contributed by atoms with Crippen molar-refractivity contribution in [3.63, 3.8) is 0 Å². The summed E-state index contributed by atoms with van der Waals surface area (Å²) in [5.41, 5.74) is 0. The predicted octanol–water partition coefficient (Wildman–Crippen LogP) is 5.30. The second kappa shape index (κ2) is 12.5. The maximum absolute atomic E-state index is 3.46. The zero-order valence-electron chi connectivity index (χ0n) is 9.16. The molecule has 1 heteroatoms. The van der Waals surface area contributed by atoms with Gasteiger partial charge in [-0.25, -0.2) is 0 Å². The van der Waals surface area contributed by atoms with Crippen molar-refractivity contribution in [2.45, 2.75) is 71.1 Å². The zero-order valence-corrected chi connectivity index (χ0v) is 10.7. The van der Waals surface area contributed by atoms with Gasteiger partial charge in [0, 0.05) is 5.33 Å². The summed E-state index contributed by atoms with van der Waals surface area (Å²) in [6.07, 6.45) is 14.3. The number of unbranched alkanes of at least 4 members (excludes halogenated alkanes) is 9. The molecule has 0 aliphatic heterocycles. The van der Waals surface area contributed by atoms with Gasteiger partial charge < -0.3 is 0 Å². The average molecular weight is 251 g/mol. The third-order valence-corrected chi connectivity index (χ3v) is 3.05. The van der Waals surface area contributed by atoms with Crippen LogP contribution in [0.5, 0.6) is 0 Å². The highest BCUT2D eigenvalue weighted by Gasteiger charge is 1.91. The smallest absolute Gasteiger partial charge is 0.00313 e. The Morgan fingerprint density at radius 1 is 0.769 bits per heavy atom. The molecule has 13 heavy (non-hydrogen) atoms. The Bertz CT molecular complexity index is 71.2. The molecule has 0 fully saturated rings. The minimum atomic E-state index is 1.18. The molecule has 0 aliphatic rings. The Balaban J connectivity index is 2.76. The molecule has 0 heterocycles. The lowest BCUT2D eigenvalue weighted by Gasteiger charge is -2.00. The maximum Gasteiger partial charge on any atom is 0.00313 e. The molecule has 0 unspecified atom stereocenters. The first kappa shape index (κ1) is 13.5. The fourth-order valence-corrected chi connectivity index (χ4v) is 1.98. The Morgan fingerprint density at radius 3 is 1.69 bits per heavy atom. The van der Waals surface area contributed by atoms with Crippen LogP contribution in [0, 0.1) is 0 Å². The summed E-state index contributed by atoms with van der Waals surface area (Å²) in [6, 6.07) is 0. The van der Waals surface area contributed by atoms with Crippen LogP contribution in [0.15, 0.2) is 0 Å². The van der Waals surface area contributed by atoms with Gasteiger partial charge in [-0.2, -0.15) is 0 Å². The molecule has 0 aromatic rings. The van der Waals surface area contributed by atoms with Gasteiger partial charge in [-0.1, -0.05) is 80.6 Å². The van der Waals surface area contributed by atoms with Crippen molar-refractivity contribution < 1.29 is 0 Å². The fourth-order valence-electron chi connectivity index (χ4n) is 1.58. The molecule has 0 nitrogen and oxygen atoms in total. The van der Waals surface area contributed by atoms with Crippen molar-refractivity contribution in [2.75, 3.05) is 5.33 Å². The van der Waals surface area contributed by atoms with Crippen molar-refractivity contribution in [2.24, 2.45) is 0 Å². The highest BCUT2D eigenvalue weighted by atomic mass is 79.9. The van der Waals surface area contributed by atoms with Crippen molar-refractivity contribution in [1.82, 2.24) is 0 Å². The van der Waals surface area contributed by atoms with Gasteiger partial charge in [-0.05, 0) is 6.42 Å². The Labute approximate surface area is 92.6 Å². The molecular weight excluding hydrogens is 226 g/mol. The van der Waals surface area contributed by atoms with Crippen molar-refractivity contribution in [1.29, 1.82) is 0 Å². The quantitative estimate of drug-likeness (QED) is 0.365. The van der Waals surface area contributed by atoms with Crippen LogP contribution in [0.25, 0.3) is 0 Å². The molecule has 0 saturated carbocycles. The van der Waals surface area contributed by atoms with Gasteiger partial charge in [0.05, 0.1) is 0 Å². The Morgan fingerprint density at radius 2 is 1.23 bits per heavy atom. The lowest BCUT2D eigenvalue weighted by Crippen LogP contribution is -1.81. The van der Waals surface area contributed by atoms with Crippen LogP contribution in [0.1, 0.15) is 71.1 Å². The number of hydrogen-bond donors (Lipinski definition) is 0. The van der Waals surface area contributed by atoms with Crippen LogP contribution in [-0.2, 0) is 0 Å². The van der Waals surface area contributed by atoms with Gasteiger partial charge in [-0.3, -0.25) is 0 Å². The first-order valence-electron chi connectivity index (χ1n) is 5.97. The zero-order chi connectivity index (χ0) is 9.78. The van der Waals surface area contributed by atoms with Gasteiger partial charge in [0.1, 0.15) is 0 Å². The van der Waals surface area contributed by atoms with Crippen LogP contribution < -0.4 is 0 Å². The molecular formula is C12H25Br. The molecule has 80 valence electrons. The molecule has 0 aromatic carbocycles. The molecule has 0 saturated heterocycles. The molecule has 0 rings (SSSR count). The highest BCUT2D eigenvalue weighted by Crippen LogP contribution is 2.10. The van der Waals surface area contributed by atoms with Gasteiger partial charge in [-0.15, -0.1) is 0 Å². The van der Waals surface area contributed by atoms with E-state index in [-0.39, 0.29) is 0 Å². The first-order valence-corrected chi connectivity index (χ1v) is 7.10. The lowest BCUT2D eigenvalue weighted by atomic mass is 10.1. The summed E-state index contributed by atoms with van der Waals surface area (Å²) < 4.78 is 0. The van der Waals surface area contributed by atoms with E-state index >= 15 is 0 Å². The molecule has 0 atom stereocenters. The van der Waals surface area contributed by atoms with Crippen LogP contribution in [-0.4, -0.2) is 5.33 Å². The fraction of sp³-hybridized carbons (Fsp3) is 1.00. The second-order valence-electron chi connectivity index (χ2n) is 3.87. The summed E-state index contributed by atoms with van der Waals surface area (Å²) in [6.45, 7) is 2.28. The molecule has 0 bridgehead atoms. The van der Waals surface area contributed by atoms with E-state index in [2.05, 4.69) is 22.9 Å². The second-order valence-corrected chi connectivity index (χ2v) is 4.66. The first-order chi connectivity index (χ1) is 6.41. The summed E-state index contributed by atoms with van der Waals surface area (Å²) in [7, 11) is 0. The minimum absolute atomic E-state index is 1.18. The average Bonchev–Trinajstić information content (AvgIpc) is 2.16. The molecule has 0 aliphatic carbocycles. The summed E-state index contributed by atoms with van der Waals surface area (Å²) in [4.78, 5) is 0. The van der Waals surface area contributed by atoms with E-state index in [1.807, 2.05) is 0 Å². The van der Waals surface area contributed by atoms with E-state index in [1.165, 1.54) is 69.5 Å². The summed E-state index contributed by atoms with van der Waals surface area (Å²) >= 11 is 3.46. The standard InChI is InChI=1S/C12H25Br/c1-2-3-4-5-6-7-8-9-10-11-12-13/h2-12H2,1H3/i12+2. The van der Waals surface area contributed by atoms with E-state index in [1.54, 1.807) is 0 Å². The van der Waals surface area contributed by atoms with Gasteiger partial charge in [0.25, 0.3) is 0 Å². The maximum atomic E-state index is 3.46. The van der Waals surface area contributed by atoms with E-state index < -0.39 is 0 Å². The Hall–Kier alpha value is 0.480. The van der Waals surface area contributed by atoms with Crippen LogP contribution >= 0.6 is 15.9 Å². The molecule has 0 N–H and O–H groups in total. The molecule has 0 spiro atoms.